The van der Waals surface area contributed by atoms with Crippen molar-refractivity contribution in [3.8, 4) is 11.5 Å². The van der Waals surface area contributed by atoms with Crippen molar-refractivity contribution in [2.75, 3.05) is 50.2 Å². The second kappa shape index (κ2) is 10.3. The largest absolute Gasteiger partial charge is 0.497 e. The van der Waals surface area contributed by atoms with Gasteiger partial charge in [-0.2, -0.15) is 0 Å². The van der Waals surface area contributed by atoms with Crippen LogP contribution in [0.5, 0.6) is 11.5 Å². The molecule has 2 aliphatic rings. The molecule has 0 radical (unpaired) electrons. The van der Waals surface area contributed by atoms with Crippen LogP contribution in [0.15, 0.2) is 66.9 Å². The monoisotopic (exact) mass is 472 g/mol. The quantitative estimate of drug-likeness (QED) is 0.569. The van der Waals surface area contributed by atoms with E-state index in [1.165, 1.54) is 11.3 Å². The maximum absolute atomic E-state index is 13.5. The topological polar surface area (TPSA) is 66.9 Å². The summed E-state index contributed by atoms with van der Waals surface area (Å²) in [5, 5.41) is 3.19. The minimum atomic E-state index is -0.155. The number of nitrogens with zero attached hydrogens (tertiary/aromatic N) is 3. The highest BCUT2D eigenvalue weighted by atomic mass is 16.5. The molecule has 0 bridgehead atoms. The number of amides is 1. The summed E-state index contributed by atoms with van der Waals surface area (Å²) in [6.45, 7) is 2.99. The van der Waals surface area contributed by atoms with Crippen LogP contribution in [-0.2, 0) is 17.6 Å². The standard InChI is InChI=1S/C28H32N4O3/c1-34-22-11-10-20-17-23(28(33)30-14-12-21-7-5-6-13-29-21)26-19-31(15-16-32(26)25(20)18-22)24-8-3-4-9-27(24)35-2/h3-11,13,18,23,26H,12,14-17,19H2,1-2H3,(H,30,33)/t23-,26-/m1/s1. The number of anilines is 2. The van der Waals surface area contributed by atoms with Gasteiger partial charge >= 0.3 is 0 Å². The van der Waals surface area contributed by atoms with Crippen molar-refractivity contribution in [1.82, 2.24) is 10.3 Å². The van der Waals surface area contributed by atoms with E-state index in [0.29, 0.717) is 13.0 Å². The summed E-state index contributed by atoms with van der Waals surface area (Å²) in [6.07, 6.45) is 3.21. The van der Waals surface area contributed by atoms with E-state index >= 15 is 0 Å². The van der Waals surface area contributed by atoms with Crippen molar-refractivity contribution in [1.29, 1.82) is 0 Å². The molecule has 35 heavy (non-hydrogen) atoms. The number of hydrogen-bond acceptors (Lipinski definition) is 6. The smallest absolute Gasteiger partial charge is 0.225 e. The van der Waals surface area contributed by atoms with E-state index in [1.807, 2.05) is 42.5 Å². The molecule has 1 N–H and O–H groups in total. The van der Waals surface area contributed by atoms with E-state index in [4.69, 9.17) is 9.47 Å². The molecule has 182 valence electrons. The summed E-state index contributed by atoms with van der Waals surface area (Å²) in [4.78, 5) is 22.6. The minimum Gasteiger partial charge on any atom is -0.497 e. The molecule has 2 atom stereocenters. The third-order valence-electron chi connectivity index (χ3n) is 7.09. The van der Waals surface area contributed by atoms with E-state index in [2.05, 4.69) is 38.3 Å². The van der Waals surface area contributed by atoms with E-state index in [9.17, 15) is 4.79 Å². The predicted molar refractivity (Wildman–Crippen MR) is 137 cm³/mol. The molecule has 5 rings (SSSR count). The number of piperazine rings is 1. The van der Waals surface area contributed by atoms with Gasteiger partial charge in [0.15, 0.2) is 0 Å². The molecular formula is C28H32N4O3. The van der Waals surface area contributed by atoms with Gasteiger partial charge in [-0.15, -0.1) is 0 Å². The number of para-hydroxylation sites is 2. The number of carbonyl (C=O) groups excluding carboxylic acids is 1. The first kappa shape index (κ1) is 23.0. The Morgan fingerprint density at radius 1 is 1.03 bits per heavy atom. The van der Waals surface area contributed by atoms with Gasteiger partial charge in [-0.3, -0.25) is 9.78 Å². The Morgan fingerprint density at radius 2 is 1.89 bits per heavy atom. The number of carbonyl (C=O) groups is 1. The second-order valence-corrected chi connectivity index (χ2v) is 9.05. The maximum atomic E-state index is 13.5. The van der Waals surface area contributed by atoms with Crippen molar-refractivity contribution in [2.45, 2.75) is 18.9 Å². The van der Waals surface area contributed by atoms with Crippen LogP contribution in [0, 0.1) is 5.92 Å². The molecule has 3 heterocycles. The molecule has 1 fully saturated rings. The second-order valence-electron chi connectivity index (χ2n) is 9.05. The Balaban J connectivity index is 1.39. The van der Waals surface area contributed by atoms with Gasteiger partial charge in [-0.25, -0.2) is 0 Å². The van der Waals surface area contributed by atoms with Crippen LogP contribution in [0.2, 0.25) is 0 Å². The van der Waals surface area contributed by atoms with Crippen LogP contribution >= 0.6 is 0 Å². The molecule has 2 aliphatic heterocycles. The third-order valence-corrected chi connectivity index (χ3v) is 7.09. The fraction of sp³-hybridized carbons (Fsp3) is 0.357. The molecule has 0 spiro atoms. The van der Waals surface area contributed by atoms with Crippen LogP contribution in [0.4, 0.5) is 11.4 Å². The van der Waals surface area contributed by atoms with Gasteiger partial charge in [0.05, 0.1) is 31.9 Å². The van der Waals surface area contributed by atoms with Crippen molar-refractivity contribution in [3.05, 3.63) is 78.1 Å². The highest BCUT2D eigenvalue weighted by molar-refractivity contribution is 5.82. The van der Waals surface area contributed by atoms with Crippen molar-refractivity contribution in [2.24, 2.45) is 5.92 Å². The molecule has 1 amide bonds. The zero-order chi connectivity index (χ0) is 24.2. The Kier molecular flexibility index (Phi) is 6.75. The maximum Gasteiger partial charge on any atom is 0.225 e. The summed E-state index contributed by atoms with van der Waals surface area (Å²) in [5.74, 6) is 1.64. The lowest BCUT2D eigenvalue weighted by Crippen LogP contribution is -2.61. The average molecular weight is 473 g/mol. The molecule has 1 aromatic heterocycles. The van der Waals surface area contributed by atoms with Crippen LogP contribution in [-0.4, -0.2) is 57.3 Å². The summed E-state index contributed by atoms with van der Waals surface area (Å²) >= 11 is 0. The number of rotatable bonds is 7. The van der Waals surface area contributed by atoms with Crippen LogP contribution in [0.25, 0.3) is 0 Å². The zero-order valence-corrected chi connectivity index (χ0v) is 20.3. The van der Waals surface area contributed by atoms with Gasteiger partial charge in [-0.05, 0) is 42.3 Å². The zero-order valence-electron chi connectivity index (χ0n) is 20.3. The third kappa shape index (κ3) is 4.76. The molecule has 0 saturated carbocycles. The van der Waals surface area contributed by atoms with Crippen molar-refractivity contribution in [3.63, 3.8) is 0 Å². The van der Waals surface area contributed by atoms with Gasteiger partial charge in [0, 0.05) is 56.2 Å². The molecule has 0 unspecified atom stereocenters. The number of hydrogen-bond donors (Lipinski definition) is 1. The lowest BCUT2D eigenvalue weighted by molar-refractivity contribution is -0.125. The normalized spacial score (nSPS) is 18.9. The molecule has 0 aliphatic carbocycles. The first-order chi connectivity index (χ1) is 17.2. The molecular weight excluding hydrogens is 440 g/mol. The van der Waals surface area contributed by atoms with Gasteiger partial charge in [0.2, 0.25) is 5.91 Å². The molecule has 7 nitrogen and oxygen atoms in total. The number of aromatic nitrogens is 1. The fourth-order valence-electron chi connectivity index (χ4n) is 5.31. The van der Waals surface area contributed by atoms with Gasteiger partial charge < -0.3 is 24.6 Å². The van der Waals surface area contributed by atoms with Crippen LogP contribution in [0.3, 0.4) is 0 Å². The van der Waals surface area contributed by atoms with Gasteiger partial charge in [0.25, 0.3) is 0 Å². The highest BCUT2D eigenvalue weighted by Crippen LogP contribution is 2.40. The Labute approximate surface area is 206 Å². The first-order valence-corrected chi connectivity index (χ1v) is 12.2. The average Bonchev–Trinajstić information content (AvgIpc) is 2.92. The summed E-state index contributed by atoms with van der Waals surface area (Å²) < 4.78 is 11.1. The van der Waals surface area contributed by atoms with Crippen molar-refractivity contribution >= 4 is 17.3 Å². The Bertz CT molecular complexity index is 1170. The van der Waals surface area contributed by atoms with E-state index in [-0.39, 0.29) is 17.9 Å². The number of ether oxygens (including phenoxy) is 2. The van der Waals surface area contributed by atoms with E-state index in [1.54, 1.807) is 20.4 Å². The highest BCUT2D eigenvalue weighted by Gasteiger charge is 2.42. The number of methoxy groups -OCH3 is 2. The van der Waals surface area contributed by atoms with Crippen molar-refractivity contribution < 1.29 is 14.3 Å². The number of benzene rings is 2. The van der Waals surface area contributed by atoms with Gasteiger partial charge in [-0.1, -0.05) is 24.3 Å². The number of nitrogens with one attached hydrogen (secondary N) is 1. The lowest BCUT2D eigenvalue weighted by Gasteiger charge is -2.49. The van der Waals surface area contributed by atoms with Crippen LogP contribution < -0.4 is 24.6 Å². The van der Waals surface area contributed by atoms with E-state index < -0.39 is 0 Å². The molecule has 2 aromatic carbocycles. The molecule has 7 heteroatoms. The SMILES string of the molecule is COc1ccc2c(c1)N1CCN(c3ccccc3OC)C[C@@H]1[C@H](C(=O)NCCc1ccccn1)C2. The first-order valence-electron chi connectivity index (χ1n) is 12.2. The minimum absolute atomic E-state index is 0.0446. The number of pyridine rings is 1. The fourth-order valence-corrected chi connectivity index (χ4v) is 5.31. The summed E-state index contributed by atoms with van der Waals surface area (Å²) in [6, 6.07) is 20.2. The summed E-state index contributed by atoms with van der Waals surface area (Å²) in [5.41, 5.74) is 4.42. The molecule has 1 saturated heterocycles. The Morgan fingerprint density at radius 3 is 2.69 bits per heavy atom. The van der Waals surface area contributed by atoms with Gasteiger partial charge in [0.1, 0.15) is 11.5 Å². The Hall–Kier alpha value is -3.74. The lowest BCUT2D eigenvalue weighted by atomic mass is 9.83. The molecule has 3 aromatic rings. The number of fused-ring (bicyclic) bond motifs is 3. The summed E-state index contributed by atoms with van der Waals surface area (Å²) in [7, 11) is 3.40. The van der Waals surface area contributed by atoms with Crippen LogP contribution in [0.1, 0.15) is 11.3 Å². The van der Waals surface area contributed by atoms with E-state index in [0.717, 1.165) is 48.9 Å². The predicted octanol–water partition coefficient (Wildman–Crippen LogP) is 3.33.